The van der Waals surface area contributed by atoms with E-state index in [1.54, 1.807) is 6.34 Å². The summed E-state index contributed by atoms with van der Waals surface area (Å²) in [7, 11) is 3.87. The van der Waals surface area contributed by atoms with Crippen LogP contribution in [0.3, 0.4) is 0 Å². The smallest absolute Gasteiger partial charge is 0.156 e. The lowest BCUT2D eigenvalue weighted by Gasteiger charge is -2.03. The van der Waals surface area contributed by atoms with Gasteiger partial charge in [-0.05, 0) is 41.1 Å². The van der Waals surface area contributed by atoms with E-state index in [1.807, 2.05) is 32.1 Å². The summed E-state index contributed by atoms with van der Waals surface area (Å²) in [5.74, 6) is 0.786. The second-order valence-corrected chi connectivity index (χ2v) is 4.25. The van der Waals surface area contributed by atoms with E-state index in [9.17, 15) is 0 Å². The number of aliphatic imine (C=N–C) groups is 1. The van der Waals surface area contributed by atoms with Crippen LogP contribution in [0.15, 0.2) is 17.3 Å². The van der Waals surface area contributed by atoms with Crippen molar-refractivity contribution in [1.82, 2.24) is 9.88 Å². The predicted molar refractivity (Wildman–Crippen MR) is 63.5 cm³/mol. The number of hydrogen-bond acceptors (Lipinski definition) is 2. The number of halogens is 1. The quantitative estimate of drug-likeness (QED) is 0.474. The minimum absolute atomic E-state index is 0.786. The molecule has 0 radical (unpaired) electrons. The monoisotopic (exact) mass is 289 g/mol. The Hall–Kier alpha value is -0.650. The molecule has 1 rings (SSSR count). The number of hydrogen-bond donors (Lipinski definition) is 0. The Balaban J connectivity index is 2.90. The molecule has 0 unspecified atom stereocenters. The van der Waals surface area contributed by atoms with Gasteiger partial charge >= 0.3 is 0 Å². The first kappa shape index (κ1) is 10.4. The summed E-state index contributed by atoms with van der Waals surface area (Å²) >= 11 is 2.24. The molecular weight excluding hydrogens is 277 g/mol. The van der Waals surface area contributed by atoms with Crippen molar-refractivity contribution in [2.24, 2.45) is 4.99 Å². The van der Waals surface area contributed by atoms with Crippen molar-refractivity contribution in [1.29, 1.82) is 0 Å². The number of aromatic nitrogens is 1. The minimum Gasteiger partial charge on any atom is -0.369 e. The molecule has 0 amide bonds. The first-order valence-corrected chi connectivity index (χ1v) is 5.00. The van der Waals surface area contributed by atoms with E-state index in [2.05, 4.69) is 38.6 Å². The van der Waals surface area contributed by atoms with Gasteiger partial charge in [-0.3, -0.25) is 0 Å². The summed E-state index contributed by atoms with van der Waals surface area (Å²) in [4.78, 5) is 10.3. The van der Waals surface area contributed by atoms with E-state index < -0.39 is 0 Å². The zero-order valence-electron chi connectivity index (χ0n) is 7.95. The third kappa shape index (κ3) is 3.30. The van der Waals surface area contributed by atoms with Crippen LogP contribution in [0.25, 0.3) is 0 Å². The standard InChI is InChI=1S/C9H12IN3/c1-7-4-8(10)5-11-9(7)12-6-13(2)3/h4-6H,1-3H3. The number of aryl methyl sites for hydroxylation is 1. The highest BCUT2D eigenvalue weighted by molar-refractivity contribution is 14.1. The van der Waals surface area contributed by atoms with Crippen molar-refractivity contribution < 1.29 is 0 Å². The maximum absolute atomic E-state index is 4.23. The lowest BCUT2D eigenvalue weighted by atomic mass is 10.3. The second kappa shape index (κ2) is 4.55. The molecule has 0 saturated heterocycles. The molecule has 0 saturated carbocycles. The molecule has 1 aromatic heterocycles. The Morgan fingerprint density at radius 3 is 2.77 bits per heavy atom. The van der Waals surface area contributed by atoms with Gasteiger partial charge in [-0.1, -0.05) is 0 Å². The second-order valence-electron chi connectivity index (χ2n) is 3.00. The number of pyridine rings is 1. The van der Waals surface area contributed by atoms with Crippen LogP contribution in [0.1, 0.15) is 5.56 Å². The molecular formula is C9H12IN3. The van der Waals surface area contributed by atoms with Crippen LogP contribution >= 0.6 is 22.6 Å². The zero-order chi connectivity index (χ0) is 9.84. The summed E-state index contributed by atoms with van der Waals surface area (Å²) < 4.78 is 1.14. The van der Waals surface area contributed by atoms with Gasteiger partial charge in [-0.25, -0.2) is 9.98 Å². The molecule has 0 spiro atoms. The van der Waals surface area contributed by atoms with Gasteiger partial charge in [-0.15, -0.1) is 0 Å². The number of nitrogens with zero attached hydrogens (tertiary/aromatic N) is 3. The van der Waals surface area contributed by atoms with Gasteiger partial charge in [0.2, 0.25) is 0 Å². The van der Waals surface area contributed by atoms with Crippen LogP contribution in [0.5, 0.6) is 0 Å². The first-order valence-electron chi connectivity index (χ1n) is 3.92. The van der Waals surface area contributed by atoms with Crippen molar-refractivity contribution in [2.45, 2.75) is 6.92 Å². The van der Waals surface area contributed by atoms with Gasteiger partial charge in [0.25, 0.3) is 0 Å². The molecule has 0 aliphatic heterocycles. The summed E-state index contributed by atoms with van der Waals surface area (Å²) in [6.07, 6.45) is 3.57. The molecule has 4 heteroatoms. The van der Waals surface area contributed by atoms with Crippen LogP contribution in [-0.4, -0.2) is 30.3 Å². The lowest BCUT2D eigenvalue weighted by Crippen LogP contribution is -2.07. The normalized spacial score (nSPS) is 10.8. The molecule has 0 N–H and O–H groups in total. The molecule has 1 heterocycles. The molecule has 13 heavy (non-hydrogen) atoms. The Kier molecular flexibility index (Phi) is 3.65. The summed E-state index contributed by atoms with van der Waals surface area (Å²) in [5, 5.41) is 0. The maximum atomic E-state index is 4.23. The number of rotatable bonds is 2. The molecule has 0 aromatic carbocycles. The summed E-state index contributed by atoms with van der Waals surface area (Å²) in [6, 6.07) is 2.07. The van der Waals surface area contributed by atoms with Crippen molar-refractivity contribution in [3.05, 3.63) is 21.4 Å². The highest BCUT2D eigenvalue weighted by Crippen LogP contribution is 2.16. The fraction of sp³-hybridized carbons (Fsp3) is 0.333. The van der Waals surface area contributed by atoms with Gasteiger partial charge in [0.15, 0.2) is 5.82 Å². The van der Waals surface area contributed by atoms with Crippen molar-refractivity contribution in [2.75, 3.05) is 14.1 Å². The molecule has 0 bridgehead atoms. The third-order valence-corrected chi connectivity index (χ3v) is 2.02. The molecule has 0 fully saturated rings. The Bertz CT molecular complexity index is 321. The highest BCUT2D eigenvalue weighted by Gasteiger charge is 1.97. The Labute approximate surface area is 92.0 Å². The molecule has 3 nitrogen and oxygen atoms in total. The lowest BCUT2D eigenvalue weighted by molar-refractivity contribution is 0.643. The average molecular weight is 289 g/mol. The topological polar surface area (TPSA) is 28.5 Å². The van der Waals surface area contributed by atoms with Gasteiger partial charge in [0.1, 0.15) is 0 Å². The van der Waals surface area contributed by atoms with E-state index in [-0.39, 0.29) is 0 Å². The van der Waals surface area contributed by atoms with Crippen LogP contribution in [-0.2, 0) is 0 Å². The molecule has 0 aliphatic rings. The maximum Gasteiger partial charge on any atom is 0.156 e. The molecule has 70 valence electrons. The van der Waals surface area contributed by atoms with Gasteiger partial charge in [0, 0.05) is 23.9 Å². The van der Waals surface area contributed by atoms with Gasteiger partial charge < -0.3 is 4.90 Å². The third-order valence-electron chi connectivity index (χ3n) is 1.43. The van der Waals surface area contributed by atoms with Crippen LogP contribution in [0.2, 0.25) is 0 Å². The largest absolute Gasteiger partial charge is 0.369 e. The molecule has 1 aromatic rings. The van der Waals surface area contributed by atoms with Crippen LogP contribution in [0, 0.1) is 10.5 Å². The van der Waals surface area contributed by atoms with Crippen molar-refractivity contribution in [3.63, 3.8) is 0 Å². The van der Waals surface area contributed by atoms with Gasteiger partial charge in [0.05, 0.1) is 6.34 Å². The minimum atomic E-state index is 0.786. The molecule has 0 atom stereocenters. The van der Waals surface area contributed by atoms with E-state index in [0.717, 1.165) is 15.0 Å². The summed E-state index contributed by atoms with van der Waals surface area (Å²) in [5.41, 5.74) is 1.10. The fourth-order valence-corrected chi connectivity index (χ4v) is 1.44. The highest BCUT2D eigenvalue weighted by atomic mass is 127. The van der Waals surface area contributed by atoms with Crippen LogP contribution < -0.4 is 0 Å². The zero-order valence-corrected chi connectivity index (χ0v) is 10.1. The van der Waals surface area contributed by atoms with Crippen LogP contribution in [0.4, 0.5) is 5.82 Å². The van der Waals surface area contributed by atoms with E-state index in [1.165, 1.54) is 0 Å². The molecule has 0 aliphatic carbocycles. The fourth-order valence-electron chi connectivity index (χ4n) is 0.839. The van der Waals surface area contributed by atoms with Gasteiger partial charge in [-0.2, -0.15) is 0 Å². The summed E-state index contributed by atoms with van der Waals surface area (Å²) in [6.45, 7) is 2.01. The predicted octanol–water partition coefficient (Wildman–Crippen LogP) is 2.22. The van der Waals surface area contributed by atoms with E-state index >= 15 is 0 Å². The Morgan fingerprint density at radius 1 is 1.54 bits per heavy atom. The van der Waals surface area contributed by atoms with E-state index in [4.69, 9.17) is 0 Å². The van der Waals surface area contributed by atoms with Crippen molar-refractivity contribution >= 4 is 34.7 Å². The van der Waals surface area contributed by atoms with E-state index in [0.29, 0.717) is 0 Å². The van der Waals surface area contributed by atoms with Crippen molar-refractivity contribution in [3.8, 4) is 0 Å². The first-order chi connectivity index (χ1) is 6.09. The SMILES string of the molecule is Cc1cc(I)cnc1N=CN(C)C. The average Bonchev–Trinajstić information content (AvgIpc) is 2.02. The Morgan fingerprint density at radius 2 is 2.23 bits per heavy atom.